The number of benzene rings is 1. The van der Waals surface area contributed by atoms with E-state index in [1.54, 1.807) is 6.20 Å². The van der Waals surface area contributed by atoms with Crippen LogP contribution in [0.2, 0.25) is 0 Å². The first-order valence-corrected chi connectivity index (χ1v) is 6.30. The largest absolute Gasteiger partial charge is 0.346 e. The highest BCUT2D eigenvalue weighted by Gasteiger charge is 2.12. The summed E-state index contributed by atoms with van der Waals surface area (Å²) in [5.41, 5.74) is 1.63. The molecule has 0 atom stereocenters. The van der Waals surface area contributed by atoms with Crippen molar-refractivity contribution in [3.63, 3.8) is 0 Å². The average Bonchev–Trinajstić information content (AvgIpc) is 2.77. The highest BCUT2D eigenvalue weighted by molar-refractivity contribution is 7.22. The molecule has 0 aliphatic rings. The van der Waals surface area contributed by atoms with Crippen molar-refractivity contribution in [1.29, 1.82) is 5.26 Å². The summed E-state index contributed by atoms with van der Waals surface area (Å²) in [6.07, 6.45) is 1.74. The standard InChI is InChI=1S/C14H9N3S/c15-9-12-11-7-4-8-16-13(11)18-14(12)17-10-5-2-1-3-6-10/h1-8,17H. The summed E-state index contributed by atoms with van der Waals surface area (Å²) >= 11 is 1.50. The predicted octanol–water partition coefficient (Wildman–Crippen LogP) is 3.91. The van der Waals surface area contributed by atoms with Crippen molar-refractivity contribution in [3.8, 4) is 6.07 Å². The Morgan fingerprint density at radius 1 is 1.11 bits per heavy atom. The molecule has 0 aliphatic carbocycles. The minimum atomic E-state index is 0.659. The molecule has 3 nitrogen and oxygen atoms in total. The molecular weight excluding hydrogens is 242 g/mol. The second kappa shape index (κ2) is 4.47. The Bertz CT molecular complexity index is 726. The van der Waals surface area contributed by atoms with Gasteiger partial charge in [0.25, 0.3) is 0 Å². The Morgan fingerprint density at radius 3 is 2.72 bits per heavy atom. The Balaban J connectivity index is 2.10. The van der Waals surface area contributed by atoms with E-state index in [2.05, 4.69) is 16.4 Å². The molecule has 0 fully saturated rings. The number of rotatable bonds is 2. The van der Waals surface area contributed by atoms with Crippen LogP contribution in [0.3, 0.4) is 0 Å². The van der Waals surface area contributed by atoms with Crippen LogP contribution in [0.4, 0.5) is 10.7 Å². The molecular formula is C14H9N3S. The molecule has 4 heteroatoms. The zero-order valence-electron chi connectivity index (χ0n) is 9.42. The van der Waals surface area contributed by atoms with Crippen molar-refractivity contribution >= 4 is 32.2 Å². The molecule has 0 saturated heterocycles. The molecule has 0 saturated carbocycles. The first-order valence-electron chi connectivity index (χ1n) is 5.48. The van der Waals surface area contributed by atoms with Gasteiger partial charge < -0.3 is 5.32 Å². The Kier molecular flexibility index (Phi) is 2.67. The summed E-state index contributed by atoms with van der Waals surface area (Å²) in [6, 6.07) is 15.8. The molecule has 0 spiro atoms. The monoisotopic (exact) mass is 251 g/mol. The first kappa shape index (κ1) is 10.8. The van der Waals surface area contributed by atoms with Crippen LogP contribution in [0.15, 0.2) is 48.7 Å². The molecule has 0 radical (unpaired) electrons. The minimum Gasteiger partial charge on any atom is -0.346 e. The van der Waals surface area contributed by atoms with Gasteiger partial charge in [0, 0.05) is 17.3 Å². The number of nitrogens with one attached hydrogen (secondary N) is 1. The third kappa shape index (κ3) is 1.81. The van der Waals surface area contributed by atoms with Crippen LogP contribution in [0.5, 0.6) is 0 Å². The topological polar surface area (TPSA) is 48.7 Å². The molecule has 3 aromatic rings. The maximum atomic E-state index is 9.27. The van der Waals surface area contributed by atoms with Crippen molar-refractivity contribution in [2.75, 3.05) is 5.32 Å². The lowest BCUT2D eigenvalue weighted by atomic mass is 10.2. The maximum absolute atomic E-state index is 9.27. The number of hydrogen-bond donors (Lipinski definition) is 1. The molecule has 1 N–H and O–H groups in total. The number of para-hydroxylation sites is 1. The zero-order valence-corrected chi connectivity index (χ0v) is 10.2. The quantitative estimate of drug-likeness (QED) is 0.751. The third-order valence-electron chi connectivity index (χ3n) is 2.61. The normalized spacial score (nSPS) is 10.2. The molecule has 0 amide bonds. The number of thiophene rings is 1. The van der Waals surface area contributed by atoms with Gasteiger partial charge in [0.15, 0.2) is 0 Å². The summed E-state index contributed by atoms with van der Waals surface area (Å²) in [4.78, 5) is 5.16. The lowest BCUT2D eigenvalue weighted by Gasteiger charge is -2.02. The van der Waals surface area contributed by atoms with Gasteiger partial charge in [0.05, 0.1) is 5.56 Å². The fraction of sp³-hybridized carbons (Fsp3) is 0. The van der Waals surface area contributed by atoms with Gasteiger partial charge in [-0.15, -0.1) is 0 Å². The van der Waals surface area contributed by atoms with Gasteiger partial charge in [-0.2, -0.15) is 5.26 Å². The van der Waals surface area contributed by atoms with Crippen molar-refractivity contribution in [3.05, 3.63) is 54.2 Å². The average molecular weight is 251 g/mol. The number of pyridine rings is 1. The van der Waals surface area contributed by atoms with E-state index in [0.717, 1.165) is 20.9 Å². The maximum Gasteiger partial charge on any atom is 0.126 e. The van der Waals surface area contributed by atoms with E-state index in [-0.39, 0.29) is 0 Å². The second-order valence-electron chi connectivity index (χ2n) is 3.77. The SMILES string of the molecule is N#Cc1c(Nc2ccccc2)sc2ncccc12. The van der Waals surface area contributed by atoms with Crippen molar-refractivity contribution in [1.82, 2.24) is 4.98 Å². The summed E-state index contributed by atoms with van der Waals surface area (Å²) in [6.45, 7) is 0. The van der Waals surface area contributed by atoms with Crippen LogP contribution in [0, 0.1) is 11.3 Å². The molecule has 0 unspecified atom stereocenters. The molecule has 86 valence electrons. The lowest BCUT2D eigenvalue weighted by molar-refractivity contribution is 1.44. The van der Waals surface area contributed by atoms with E-state index in [9.17, 15) is 5.26 Å². The summed E-state index contributed by atoms with van der Waals surface area (Å²) in [7, 11) is 0. The van der Waals surface area contributed by atoms with Gasteiger partial charge >= 0.3 is 0 Å². The van der Waals surface area contributed by atoms with E-state index in [0.29, 0.717) is 5.56 Å². The number of aromatic nitrogens is 1. The summed E-state index contributed by atoms with van der Waals surface area (Å²) < 4.78 is 0. The van der Waals surface area contributed by atoms with Crippen molar-refractivity contribution < 1.29 is 0 Å². The minimum absolute atomic E-state index is 0.659. The van der Waals surface area contributed by atoms with Crippen LogP contribution >= 0.6 is 11.3 Å². The smallest absolute Gasteiger partial charge is 0.126 e. The highest BCUT2D eigenvalue weighted by Crippen LogP contribution is 2.35. The fourth-order valence-electron chi connectivity index (χ4n) is 1.78. The molecule has 0 bridgehead atoms. The lowest BCUT2D eigenvalue weighted by Crippen LogP contribution is -1.88. The van der Waals surface area contributed by atoms with Gasteiger partial charge in [-0.3, -0.25) is 0 Å². The van der Waals surface area contributed by atoms with Crippen LogP contribution in [-0.4, -0.2) is 4.98 Å². The van der Waals surface area contributed by atoms with E-state index in [1.165, 1.54) is 11.3 Å². The van der Waals surface area contributed by atoms with Crippen LogP contribution in [0.1, 0.15) is 5.56 Å². The van der Waals surface area contributed by atoms with Gasteiger partial charge in [0.1, 0.15) is 15.9 Å². The molecule has 1 aromatic carbocycles. The van der Waals surface area contributed by atoms with Crippen LogP contribution in [-0.2, 0) is 0 Å². The first-order chi connectivity index (χ1) is 8.88. The van der Waals surface area contributed by atoms with Crippen molar-refractivity contribution in [2.45, 2.75) is 0 Å². The van der Waals surface area contributed by atoms with Crippen LogP contribution < -0.4 is 5.32 Å². The van der Waals surface area contributed by atoms with Gasteiger partial charge in [-0.25, -0.2) is 4.98 Å². The number of fused-ring (bicyclic) bond motifs is 1. The number of nitriles is 1. The zero-order chi connectivity index (χ0) is 12.4. The van der Waals surface area contributed by atoms with E-state index >= 15 is 0 Å². The van der Waals surface area contributed by atoms with E-state index in [1.807, 2.05) is 42.5 Å². The molecule has 0 aliphatic heterocycles. The Morgan fingerprint density at radius 2 is 1.94 bits per heavy atom. The summed E-state index contributed by atoms with van der Waals surface area (Å²) in [5, 5.41) is 14.3. The van der Waals surface area contributed by atoms with E-state index in [4.69, 9.17) is 0 Å². The third-order valence-corrected chi connectivity index (χ3v) is 3.64. The second-order valence-corrected chi connectivity index (χ2v) is 4.76. The number of nitrogens with zero attached hydrogens (tertiary/aromatic N) is 2. The van der Waals surface area contributed by atoms with Gasteiger partial charge in [-0.1, -0.05) is 29.5 Å². The predicted molar refractivity (Wildman–Crippen MR) is 74.1 cm³/mol. The molecule has 3 rings (SSSR count). The number of anilines is 2. The molecule has 2 heterocycles. The summed E-state index contributed by atoms with van der Waals surface area (Å²) in [5.74, 6) is 0. The van der Waals surface area contributed by atoms with Crippen LogP contribution in [0.25, 0.3) is 10.2 Å². The number of hydrogen-bond acceptors (Lipinski definition) is 4. The Hall–Kier alpha value is -2.38. The highest BCUT2D eigenvalue weighted by atomic mass is 32.1. The molecule has 18 heavy (non-hydrogen) atoms. The van der Waals surface area contributed by atoms with Gasteiger partial charge in [-0.05, 0) is 24.3 Å². The Labute approximate surface area is 108 Å². The van der Waals surface area contributed by atoms with Crippen molar-refractivity contribution in [2.24, 2.45) is 0 Å². The fourth-order valence-corrected chi connectivity index (χ4v) is 2.80. The van der Waals surface area contributed by atoms with Gasteiger partial charge in [0.2, 0.25) is 0 Å². The molecule has 2 aromatic heterocycles. The van der Waals surface area contributed by atoms with E-state index < -0.39 is 0 Å².